The fourth-order valence-electron chi connectivity index (χ4n) is 2.81. The number of nitrogens with zero attached hydrogens (tertiary/aromatic N) is 4. The lowest BCUT2D eigenvalue weighted by molar-refractivity contribution is 0.0762. The lowest BCUT2D eigenvalue weighted by Crippen LogP contribution is -2.32. The summed E-state index contributed by atoms with van der Waals surface area (Å²) in [6.45, 7) is 1.69. The molecule has 1 aliphatic heterocycles. The first kappa shape index (κ1) is 13.8. The second kappa shape index (κ2) is 6.08. The Morgan fingerprint density at radius 1 is 1.19 bits per heavy atom. The van der Waals surface area contributed by atoms with Gasteiger partial charge in [-0.2, -0.15) is 0 Å². The van der Waals surface area contributed by atoms with E-state index in [1.807, 2.05) is 28.6 Å². The Hall–Kier alpha value is -2.17. The maximum absolute atomic E-state index is 12.8. The van der Waals surface area contributed by atoms with Gasteiger partial charge in [0.1, 0.15) is 5.69 Å². The number of aromatic nitrogens is 3. The van der Waals surface area contributed by atoms with Gasteiger partial charge >= 0.3 is 0 Å². The van der Waals surface area contributed by atoms with Crippen LogP contribution in [0.15, 0.2) is 30.9 Å². The van der Waals surface area contributed by atoms with Crippen molar-refractivity contribution in [2.24, 2.45) is 7.05 Å². The minimum Gasteiger partial charge on any atom is -0.339 e. The molecule has 5 heteroatoms. The Balaban J connectivity index is 1.95. The van der Waals surface area contributed by atoms with Crippen LogP contribution in [-0.4, -0.2) is 38.4 Å². The molecule has 0 N–H and O–H groups in total. The number of aryl methyl sites for hydroxylation is 1. The quantitative estimate of drug-likeness (QED) is 0.851. The molecule has 21 heavy (non-hydrogen) atoms. The molecule has 1 aliphatic rings. The van der Waals surface area contributed by atoms with Crippen LogP contribution in [-0.2, 0) is 7.05 Å². The molecule has 0 atom stereocenters. The number of likely N-dealkylation sites (tertiary alicyclic amines) is 1. The zero-order valence-corrected chi connectivity index (χ0v) is 12.3. The predicted molar refractivity (Wildman–Crippen MR) is 80.8 cm³/mol. The molecular weight excluding hydrogens is 264 g/mol. The van der Waals surface area contributed by atoms with Gasteiger partial charge in [0.25, 0.3) is 5.91 Å². The predicted octanol–water partition coefficient (Wildman–Crippen LogP) is 2.50. The number of pyridine rings is 1. The highest BCUT2D eigenvalue weighted by molar-refractivity contribution is 5.99. The number of carbonyl (C=O) groups is 1. The van der Waals surface area contributed by atoms with Crippen molar-refractivity contribution in [1.82, 2.24) is 19.4 Å². The molecule has 5 nitrogen and oxygen atoms in total. The molecule has 1 saturated heterocycles. The van der Waals surface area contributed by atoms with Crippen LogP contribution in [0.2, 0.25) is 0 Å². The summed E-state index contributed by atoms with van der Waals surface area (Å²) in [5.41, 5.74) is 2.25. The summed E-state index contributed by atoms with van der Waals surface area (Å²) < 4.78 is 1.89. The van der Waals surface area contributed by atoms with Crippen LogP contribution in [0.25, 0.3) is 11.4 Å². The number of rotatable bonds is 2. The first-order valence-electron chi connectivity index (χ1n) is 7.48. The van der Waals surface area contributed by atoms with Crippen molar-refractivity contribution < 1.29 is 4.79 Å². The Kier molecular flexibility index (Phi) is 3.99. The SMILES string of the molecule is Cn1cncc1-c1ncccc1C(=O)N1CCCCCC1. The van der Waals surface area contributed by atoms with Crippen LogP contribution in [0.4, 0.5) is 0 Å². The lowest BCUT2D eigenvalue weighted by Gasteiger charge is -2.21. The Bertz CT molecular complexity index is 627. The highest BCUT2D eigenvalue weighted by Gasteiger charge is 2.22. The number of hydrogen-bond donors (Lipinski definition) is 0. The Labute approximate surface area is 124 Å². The van der Waals surface area contributed by atoms with Gasteiger partial charge in [-0.05, 0) is 25.0 Å². The van der Waals surface area contributed by atoms with Gasteiger partial charge in [-0.25, -0.2) is 4.98 Å². The molecule has 110 valence electrons. The van der Waals surface area contributed by atoms with Crippen molar-refractivity contribution in [2.75, 3.05) is 13.1 Å². The summed E-state index contributed by atoms with van der Waals surface area (Å²) in [7, 11) is 1.91. The van der Waals surface area contributed by atoms with Gasteiger partial charge < -0.3 is 9.47 Å². The average molecular weight is 284 g/mol. The molecule has 0 radical (unpaired) electrons. The van der Waals surface area contributed by atoms with E-state index in [-0.39, 0.29) is 5.91 Å². The normalized spacial score (nSPS) is 15.8. The van der Waals surface area contributed by atoms with Crippen LogP contribution >= 0.6 is 0 Å². The van der Waals surface area contributed by atoms with Crippen LogP contribution in [0, 0.1) is 0 Å². The van der Waals surface area contributed by atoms with E-state index in [4.69, 9.17) is 0 Å². The van der Waals surface area contributed by atoms with Crippen molar-refractivity contribution >= 4 is 5.91 Å². The van der Waals surface area contributed by atoms with Gasteiger partial charge in [-0.3, -0.25) is 9.78 Å². The van der Waals surface area contributed by atoms with Crippen LogP contribution in [0.3, 0.4) is 0 Å². The average Bonchev–Trinajstić information content (AvgIpc) is 2.77. The molecule has 0 bridgehead atoms. The maximum Gasteiger partial charge on any atom is 0.256 e. The molecular formula is C16H20N4O. The zero-order valence-electron chi connectivity index (χ0n) is 12.3. The molecule has 2 aromatic rings. The Morgan fingerprint density at radius 2 is 1.95 bits per heavy atom. The number of hydrogen-bond acceptors (Lipinski definition) is 3. The third kappa shape index (κ3) is 2.82. The summed E-state index contributed by atoms with van der Waals surface area (Å²) in [5.74, 6) is 0.0844. The molecule has 0 spiro atoms. The number of amides is 1. The van der Waals surface area contributed by atoms with Crippen LogP contribution in [0.1, 0.15) is 36.0 Å². The van der Waals surface area contributed by atoms with E-state index in [1.54, 1.807) is 18.7 Å². The minimum atomic E-state index is 0.0844. The highest BCUT2D eigenvalue weighted by Crippen LogP contribution is 2.22. The van der Waals surface area contributed by atoms with E-state index in [1.165, 1.54) is 12.8 Å². The zero-order chi connectivity index (χ0) is 14.7. The third-order valence-corrected chi connectivity index (χ3v) is 3.99. The monoisotopic (exact) mass is 284 g/mol. The van der Waals surface area contributed by atoms with Crippen molar-refractivity contribution in [3.8, 4) is 11.4 Å². The number of carbonyl (C=O) groups excluding carboxylic acids is 1. The summed E-state index contributed by atoms with van der Waals surface area (Å²) in [4.78, 5) is 23.3. The fourth-order valence-corrected chi connectivity index (χ4v) is 2.81. The first-order chi connectivity index (χ1) is 10.3. The summed E-state index contributed by atoms with van der Waals surface area (Å²) in [6, 6.07) is 3.69. The molecule has 0 unspecified atom stereocenters. The van der Waals surface area contributed by atoms with Crippen molar-refractivity contribution in [1.29, 1.82) is 0 Å². The molecule has 0 aromatic carbocycles. The third-order valence-electron chi connectivity index (χ3n) is 3.99. The van der Waals surface area contributed by atoms with E-state index in [0.29, 0.717) is 11.3 Å². The van der Waals surface area contributed by atoms with Gasteiger partial charge in [0.05, 0.1) is 23.8 Å². The summed E-state index contributed by atoms with van der Waals surface area (Å²) in [6.07, 6.45) is 9.81. The minimum absolute atomic E-state index is 0.0844. The van der Waals surface area contributed by atoms with E-state index in [9.17, 15) is 4.79 Å². The largest absolute Gasteiger partial charge is 0.339 e. The molecule has 2 aromatic heterocycles. The summed E-state index contributed by atoms with van der Waals surface area (Å²) >= 11 is 0. The van der Waals surface area contributed by atoms with Gasteiger partial charge in [0, 0.05) is 26.3 Å². The van der Waals surface area contributed by atoms with Gasteiger partial charge in [-0.15, -0.1) is 0 Å². The second-order valence-corrected chi connectivity index (χ2v) is 5.50. The van der Waals surface area contributed by atoms with E-state index >= 15 is 0 Å². The lowest BCUT2D eigenvalue weighted by atomic mass is 10.1. The van der Waals surface area contributed by atoms with Crippen molar-refractivity contribution in [3.05, 3.63) is 36.4 Å². The maximum atomic E-state index is 12.8. The first-order valence-corrected chi connectivity index (χ1v) is 7.48. The molecule has 1 fully saturated rings. The molecule has 3 heterocycles. The molecule has 1 amide bonds. The van der Waals surface area contributed by atoms with Gasteiger partial charge in [0.2, 0.25) is 0 Å². The van der Waals surface area contributed by atoms with Crippen LogP contribution in [0.5, 0.6) is 0 Å². The van der Waals surface area contributed by atoms with Gasteiger partial charge in [-0.1, -0.05) is 12.8 Å². The van der Waals surface area contributed by atoms with Gasteiger partial charge in [0.15, 0.2) is 0 Å². The Morgan fingerprint density at radius 3 is 2.62 bits per heavy atom. The second-order valence-electron chi connectivity index (χ2n) is 5.50. The number of imidazole rings is 1. The van der Waals surface area contributed by atoms with E-state index in [2.05, 4.69) is 9.97 Å². The van der Waals surface area contributed by atoms with Crippen molar-refractivity contribution in [3.63, 3.8) is 0 Å². The molecule has 0 aliphatic carbocycles. The van der Waals surface area contributed by atoms with E-state index in [0.717, 1.165) is 31.6 Å². The molecule has 0 saturated carbocycles. The standard InChI is InChI=1S/C16H20N4O/c1-19-12-17-11-14(19)15-13(7-6-8-18-15)16(21)20-9-4-2-3-5-10-20/h6-8,11-12H,2-5,9-10H2,1H3. The van der Waals surface area contributed by atoms with E-state index < -0.39 is 0 Å². The fraction of sp³-hybridized carbons (Fsp3) is 0.438. The smallest absolute Gasteiger partial charge is 0.256 e. The van der Waals surface area contributed by atoms with Crippen LogP contribution < -0.4 is 0 Å². The summed E-state index contributed by atoms with van der Waals surface area (Å²) in [5, 5.41) is 0. The van der Waals surface area contributed by atoms with Crippen molar-refractivity contribution in [2.45, 2.75) is 25.7 Å². The highest BCUT2D eigenvalue weighted by atomic mass is 16.2. The topological polar surface area (TPSA) is 51.0 Å². The molecule has 3 rings (SSSR count).